The van der Waals surface area contributed by atoms with Gasteiger partial charge in [0.25, 0.3) is 0 Å². The van der Waals surface area contributed by atoms with E-state index in [-0.39, 0.29) is 6.03 Å². The summed E-state index contributed by atoms with van der Waals surface area (Å²) >= 11 is 3.37. The van der Waals surface area contributed by atoms with Crippen LogP contribution >= 0.6 is 15.9 Å². The number of halogens is 1. The highest BCUT2D eigenvalue weighted by atomic mass is 79.9. The van der Waals surface area contributed by atoms with Gasteiger partial charge in [0.15, 0.2) is 0 Å². The maximum Gasteiger partial charge on any atom is 0.322 e. The molecule has 5 nitrogen and oxygen atoms in total. The number of morpholine rings is 1. The van der Waals surface area contributed by atoms with Crippen molar-refractivity contribution in [2.75, 3.05) is 38.7 Å². The third kappa shape index (κ3) is 3.36. The normalized spacial score (nSPS) is 15.3. The van der Waals surface area contributed by atoms with E-state index in [2.05, 4.69) is 21.2 Å². The van der Waals surface area contributed by atoms with Crippen molar-refractivity contribution in [2.45, 2.75) is 0 Å². The highest BCUT2D eigenvalue weighted by molar-refractivity contribution is 9.10. The number of nitrogens with one attached hydrogen (secondary N) is 1. The van der Waals surface area contributed by atoms with Gasteiger partial charge < -0.3 is 19.7 Å². The summed E-state index contributed by atoms with van der Waals surface area (Å²) in [6.07, 6.45) is 0. The Morgan fingerprint density at radius 2 is 2.11 bits per heavy atom. The zero-order chi connectivity index (χ0) is 13.0. The number of amides is 2. The number of hydrogen-bond donors (Lipinski definition) is 1. The lowest BCUT2D eigenvalue weighted by molar-refractivity contribution is 0.0564. The largest absolute Gasteiger partial charge is 0.497 e. The molecule has 0 spiro atoms. The van der Waals surface area contributed by atoms with E-state index in [9.17, 15) is 4.79 Å². The van der Waals surface area contributed by atoms with Gasteiger partial charge >= 0.3 is 6.03 Å². The molecule has 0 radical (unpaired) electrons. The summed E-state index contributed by atoms with van der Waals surface area (Å²) in [5.74, 6) is 0.696. The number of ether oxygens (including phenoxy) is 2. The molecule has 1 aliphatic heterocycles. The van der Waals surface area contributed by atoms with Crippen LogP contribution in [-0.4, -0.2) is 44.3 Å². The molecule has 98 valence electrons. The molecule has 2 rings (SSSR count). The molecule has 1 heterocycles. The number of nitrogens with zero attached hydrogens (tertiary/aromatic N) is 1. The summed E-state index contributed by atoms with van der Waals surface area (Å²) < 4.78 is 11.2. The standard InChI is InChI=1S/C12H15BrN2O3/c1-17-11-7-9(13)6-10(8-11)14-12(16)15-2-4-18-5-3-15/h6-8H,2-5H2,1H3,(H,14,16). The Morgan fingerprint density at radius 1 is 1.39 bits per heavy atom. The van der Waals surface area contributed by atoms with Gasteiger partial charge in [-0.15, -0.1) is 0 Å². The van der Waals surface area contributed by atoms with Crippen molar-refractivity contribution < 1.29 is 14.3 Å². The average Bonchev–Trinajstić information content (AvgIpc) is 2.39. The van der Waals surface area contributed by atoms with Gasteiger partial charge in [-0.2, -0.15) is 0 Å². The first kappa shape index (κ1) is 13.2. The van der Waals surface area contributed by atoms with Crippen molar-refractivity contribution in [1.29, 1.82) is 0 Å². The van der Waals surface area contributed by atoms with Crippen LogP contribution in [-0.2, 0) is 4.74 Å². The Bertz CT molecular complexity index is 433. The summed E-state index contributed by atoms with van der Waals surface area (Å²) in [6, 6.07) is 5.34. The molecule has 1 aliphatic rings. The van der Waals surface area contributed by atoms with E-state index in [0.717, 1.165) is 4.47 Å². The van der Waals surface area contributed by atoms with Crippen molar-refractivity contribution in [2.24, 2.45) is 0 Å². The second-order valence-corrected chi connectivity index (χ2v) is 4.82. The molecule has 0 aliphatic carbocycles. The third-order valence-corrected chi connectivity index (χ3v) is 3.11. The van der Waals surface area contributed by atoms with Crippen LogP contribution in [0.25, 0.3) is 0 Å². The lowest BCUT2D eigenvalue weighted by Crippen LogP contribution is -2.43. The van der Waals surface area contributed by atoms with E-state index >= 15 is 0 Å². The van der Waals surface area contributed by atoms with Crippen molar-refractivity contribution in [3.8, 4) is 5.75 Å². The molecule has 0 bridgehead atoms. The molecule has 0 unspecified atom stereocenters. The molecule has 1 aromatic carbocycles. The summed E-state index contributed by atoms with van der Waals surface area (Å²) in [5, 5.41) is 2.85. The van der Waals surface area contributed by atoms with Gasteiger partial charge in [0.1, 0.15) is 5.75 Å². The Kier molecular flexibility index (Phi) is 4.43. The minimum absolute atomic E-state index is 0.113. The lowest BCUT2D eigenvalue weighted by atomic mass is 10.3. The van der Waals surface area contributed by atoms with Gasteiger partial charge in [-0.1, -0.05) is 15.9 Å². The van der Waals surface area contributed by atoms with Crippen LogP contribution in [0.5, 0.6) is 5.75 Å². The fraction of sp³-hybridized carbons (Fsp3) is 0.417. The Hall–Kier alpha value is -1.27. The lowest BCUT2D eigenvalue weighted by Gasteiger charge is -2.27. The number of carbonyl (C=O) groups excluding carboxylic acids is 1. The van der Waals surface area contributed by atoms with Gasteiger partial charge in [-0.05, 0) is 12.1 Å². The second-order valence-electron chi connectivity index (χ2n) is 3.91. The van der Waals surface area contributed by atoms with Crippen LogP contribution in [0.15, 0.2) is 22.7 Å². The maximum atomic E-state index is 12.0. The molecule has 0 saturated carbocycles. The van der Waals surface area contributed by atoms with Gasteiger partial charge in [-0.25, -0.2) is 4.79 Å². The molecular weight excluding hydrogens is 300 g/mol. The van der Waals surface area contributed by atoms with Gasteiger partial charge in [0, 0.05) is 29.3 Å². The fourth-order valence-electron chi connectivity index (χ4n) is 1.72. The maximum absolute atomic E-state index is 12.0. The van der Waals surface area contributed by atoms with Crippen LogP contribution in [0.4, 0.5) is 10.5 Å². The summed E-state index contributed by atoms with van der Waals surface area (Å²) in [7, 11) is 1.59. The molecule has 2 amide bonds. The molecule has 0 atom stereocenters. The average molecular weight is 315 g/mol. The van der Waals surface area contributed by atoms with Crippen LogP contribution in [0.2, 0.25) is 0 Å². The molecule has 0 aromatic heterocycles. The van der Waals surface area contributed by atoms with Gasteiger partial charge in [0.05, 0.1) is 20.3 Å². The molecule has 1 fully saturated rings. The van der Waals surface area contributed by atoms with E-state index in [0.29, 0.717) is 37.7 Å². The van der Waals surface area contributed by atoms with E-state index in [1.807, 2.05) is 12.1 Å². The fourth-order valence-corrected chi connectivity index (χ4v) is 2.19. The van der Waals surface area contributed by atoms with Crippen molar-refractivity contribution in [1.82, 2.24) is 4.90 Å². The first-order valence-corrected chi connectivity index (χ1v) is 6.46. The predicted molar refractivity (Wildman–Crippen MR) is 72.1 cm³/mol. The number of urea groups is 1. The number of hydrogen-bond acceptors (Lipinski definition) is 3. The zero-order valence-corrected chi connectivity index (χ0v) is 11.7. The Labute approximate surface area is 114 Å². The second kappa shape index (κ2) is 6.06. The molecule has 1 aromatic rings. The van der Waals surface area contributed by atoms with Crippen molar-refractivity contribution >= 4 is 27.6 Å². The van der Waals surface area contributed by atoms with Crippen molar-refractivity contribution in [3.05, 3.63) is 22.7 Å². The minimum Gasteiger partial charge on any atom is -0.497 e. The number of methoxy groups -OCH3 is 1. The Morgan fingerprint density at radius 3 is 2.78 bits per heavy atom. The monoisotopic (exact) mass is 314 g/mol. The Balaban J connectivity index is 2.03. The minimum atomic E-state index is -0.113. The summed E-state index contributed by atoms with van der Waals surface area (Å²) in [6.45, 7) is 2.43. The van der Waals surface area contributed by atoms with Crippen LogP contribution in [0.1, 0.15) is 0 Å². The number of carbonyl (C=O) groups is 1. The molecular formula is C12H15BrN2O3. The van der Waals surface area contributed by atoms with Crippen LogP contribution in [0, 0.1) is 0 Å². The molecule has 6 heteroatoms. The van der Waals surface area contributed by atoms with Crippen molar-refractivity contribution in [3.63, 3.8) is 0 Å². The highest BCUT2D eigenvalue weighted by Gasteiger charge is 2.16. The first-order chi connectivity index (χ1) is 8.69. The summed E-state index contributed by atoms with van der Waals surface area (Å²) in [5.41, 5.74) is 0.706. The number of anilines is 1. The predicted octanol–water partition coefficient (Wildman–Crippen LogP) is 2.32. The SMILES string of the molecule is COc1cc(Br)cc(NC(=O)N2CCOCC2)c1. The molecule has 1 saturated heterocycles. The summed E-state index contributed by atoms with van der Waals surface area (Å²) in [4.78, 5) is 13.7. The smallest absolute Gasteiger partial charge is 0.322 e. The van der Waals surface area contributed by atoms with E-state index in [4.69, 9.17) is 9.47 Å². The molecule has 1 N–H and O–H groups in total. The van der Waals surface area contributed by atoms with Crippen LogP contribution in [0.3, 0.4) is 0 Å². The van der Waals surface area contributed by atoms with E-state index in [1.54, 1.807) is 18.1 Å². The number of benzene rings is 1. The van der Waals surface area contributed by atoms with Crippen LogP contribution < -0.4 is 10.1 Å². The first-order valence-electron chi connectivity index (χ1n) is 5.67. The molecule has 18 heavy (non-hydrogen) atoms. The number of rotatable bonds is 2. The zero-order valence-electron chi connectivity index (χ0n) is 10.1. The van der Waals surface area contributed by atoms with Gasteiger partial charge in [-0.3, -0.25) is 0 Å². The quantitative estimate of drug-likeness (QED) is 0.911. The highest BCUT2D eigenvalue weighted by Crippen LogP contribution is 2.24. The third-order valence-electron chi connectivity index (χ3n) is 2.66. The van der Waals surface area contributed by atoms with Gasteiger partial charge in [0.2, 0.25) is 0 Å². The van der Waals surface area contributed by atoms with E-state index in [1.165, 1.54) is 0 Å². The van der Waals surface area contributed by atoms with E-state index < -0.39 is 0 Å². The topological polar surface area (TPSA) is 50.8 Å².